The molecule has 0 atom stereocenters. The lowest BCUT2D eigenvalue weighted by molar-refractivity contribution is 0.322. The molecule has 1 N–H and O–H groups in total. The fourth-order valence-corrected chi connectivity index (χ4v) is 0.895. The molecule has 0 radical (unpaired) electrons. The molecule has 0 saturated carbocycles. The van der Waals surface area contributed by atoms with E-state index in [9.17, 15) is 0 Å². The van der Waals surface area contributed by atoms with E-state index in [1.54, 1.807) is 17.1 Å². The zero-order chi connectivity index (χ0) is 8.10. The summed E-state index contributed by atoms with van der Waals surface area (Å²) in [5.41, 5.74) is 0.762. The van der Waals surface area contributed by atoms with Crippen molar-refractivity contribution in [2.75, 3.05) is 5.88 Å². The van der Waals surface area contributed by atoms with Gasteiger partial charge in [0.05, 0.1) is 19.0 Å². The van der Waals surface area contributed by atoms with Gasteiger partial charge in [-0.15, -0.1) is 11.6 Å². The topological polar surface area (TPSA) is 50.4 Å². The number of rotatable bonds is 3. The summed E-state index contributed by atoms with van der Waals surface area (Å²) in [7, 11) is 0. The maximum Gasteiger partial charge on any atom is 0.0765 e. The summed E-state index contributed by atoms with van der Waals surface area (Å²) in [6, 6.07) is 0. The zero-order valence-corrected chi connectivity index (χ0v) is 6.57. The van der Waals surface area contributed by atoms with E-state index in [0.717, 1.165) is 5.56 Å². The number of aryl methyl sites for hydroxylation is 1. The molecule has 0 amide bonds. The van der Waals surface area contributed by atoms with E-state index in [0.29, 0.717) is 12.4 Å². The summed E-state index contributed by atoms with van der Waals surface area (Å²) >= 11 is 5.48. The number of hydrogen-bond donors (Lipinski definition) is 1. The van der Waals surface area contributed by atoms with E-state index in [1.165, 1.54) is 6.21 Å². The van der Waals surface area contributed by atoms with Gasteiger partial charge in [0, 0.05) is 17.6 Å². The molecule has 60 valence electrons. The average Bonchev–Trinajstić information content (AvgIpc) is 2.38. The second-order valence-electron chi connectivity index (χ2n) is 1.97. The predicted molar refractivity (Wildman–Crippen MR) is 42.3 cm³/mol. The minimum Gasteiger partial charge on any atom is -0.411 e. The highest BCUT2D eigenvalue weighted by Crippen LogP contribution is 1.93. The van der Waals surface area contributed by atoms with Crippen LogP contribution in [0.15, 0.2) is 17.5 Å². The highest BCUT2D eigenvalue weighted by atomic mass is 35.5. The number of hydrogen-bond acceptors (Lipinski definition) is 3. The van der Waals surface area contributed by atoms with Crippen LogP contribution in [-0.4, -0.2) is 27.1 Å². The maximum atomic E-state index is 8.17. The van der Waals surface area contributed by atoms with Crippen molar-refractivity contribution in [1.29, 1.82) is 0 Å². The molecule has 5 heteroatoms. The monoisotopic (exact) mass is 173 g/mol. The van der Waals surface area contributed by atoms with E-state index in [1.807, 2.05) is 0 Å². The van der Waals surface area contributed by atoms with Crippen LogP contribution in [0.3, 0.4) is 0 Å². The van der Waals surface area contributed by atoms with E-state index in [-0.39, 0.29) is 0 Å². The summed E-state index contributed by atoms with van der Waals surface area (Å²) < 4.78 is 1.68. The lowest BCUT2D eigenvalue weighted by Gasteiger charge is -1.92. The lowest BCUT2D eigenvalue weighted by atomic mass is 10.4. The van der Waals surface area contributed by atoms with Crippen LogP contribution in [0.5, 0.6) is 0 Å². The van der Waals surface area contributed by atoms with Gasteiger partial charge in [0.15, 0.2) is 0 Å². The molecule has 0 fully saturated rings. The van der Waals surface area contributed by atoms with E-state index >= 15 is 0 Å². The highest BCUT2D eigenvalue weighted by molar-refractivity contribution is 6.17. The molecular weight excluding hydrogens is 166 g/mol. The van der Waals surface area contributed by atoms with Gasteiger partial charge in [0.2, 0.25) is 0 Å². The van der Waals surface area contributed by atoms with Crippen LogP contribution in [0.25, 0.3) is 0 Å². The van der Waals surface area contributed by atoms with Crippen molar-refractivity contribution >= 4 is 17.8 Å². The Morgan fingerprint density at radius 2 is 2.64 bits per heavy atom. The Morgan fingerprint density at radius 1 is 1.82 bits per heavy atom. The molecule has 1 aromatic rings. The van der Waals surface area contributed by atoms with Gasteiger partial charge in [-0.3, -0.25) is 4.68 Å². The first-order valence-electron chi connectivity index (χ1n) is 3.12. The third-order valence-electron chi connectivity index (χ3n) is 1.17. The summed E-state index contributed by atoms with van der Waals surface area (Å²) in [6.45, 7) is 0.667. The molecule has 0 saturated heterocycles. The van der Waals surface area contributed by atoms with Gasteiger partial charge in [0.1, 0.15) is 0 Å². The van der Waals surface area contributed by atoms with Crippen LogP contribution >= 0.6 is 11.6 Å². The third kappa shape index (κ3) is 2.23. The molecule has 0 unspecified atom stereocenters. The molecule has 1 heterocycles. The minimum absolute atomic E-state index is 0.525. The van der Waals surface area contributed by atoms with Gasteiger partial charge in [0.25, 0.3) is 0 Å². The smallest absolute Gasteiger partial charge is 0.0765 e. The number of nitrogens with zero attached hydrogens (tertiary/aromatic N) is 3. The van der Waals surface area contributed by atoms with Gasteiger partial charge < -0.3 is 5.21 Å². The summed E-state index contributed by atoms with van der Waals surface area (Å²) in [4.78, 5) is 0. The van der Waals surface area contributed by atoms with Gasteiger partial charge in [-0.1, -0.05) is 5.16 Å². The van der Waals surface area contributed by atoms with Crippen LogP contribution in [-0.2, 0) is 6.54 Å². The van der Waals surface area contributed by atoms with Crippen LogP contribution in [0.2, 0.25) is 0 Å². The van der Waals surface area contributed by atoms with Crippen molar-refractivity contribution in [2.45, 2.75) is 6.54 Å². The molecule has 0 aliphatic rings. The van der Waals surface area contributed by atoms with Crippen molar-refractivity contribution in [3.63, 3.8) is 0 Å². The van der Waals surface area contributed by atoms with Crippen molar-refractivity contribution in [3.8, 4) is 0 Å². The van der Waals surface area contributed by atoms with Crippen LogP contribution in [0.4, 0.5) is 0 Å². The third-order valence-corrected chi connectivity index (χ3v) is 1.34. The van der Waals surface area contributed by atoms with Gasteiger partial charge >= 0.3 is 0 Å². The number of aromatic nitrogens is 2. The first kappa shape index (κ1) is 8.07. The Balaban J connectivity index is 2.65. The van der Waals surface area contributed by atoms with Gasteiger partial charge in [-0.05, 0) is 0 Å². The number of halogens is 1. The molecule has 0 aliphatic heterocycles. The number of oxime groups is 1. The summed E-state index contributed by atoms with van der Waals surface area (Å²) in [5.74, 6) is 0.525. The Morgan fingerprint density at radius 3 is 3.27 bits per heavy atom. The molecule has 4 nitrogen and oxygen atoms in total. The molecule has 0 aromatic carbocycles. The Bertz CT molecular complexity index is 246. The van der Waals surface area contributed by atoms with Crippen LogP contribution in [0.1, 0.15) is 5.56 Å². The Kier molecular flexibility index (Phi) is 2.92. The lowest BCUT2D eigenvalue weighted by Crippen LogP contribution is -1.98. The Labute approximate surface area is 69.1 Å². The largest absolute Gasteiger partial charge is 0.411 e. The molecule has 1 rings (SSSR count). The Hall–Kier alpha value is -1.03. The highest BCUT2D eigenvalue weighted by Gasteiger charge is 1.93. The fourth-order valence-electron chi connectivity index (χ4n) is 0.722. The van der Waals surface area contributed by atoms with Gasteiger partial charge in [-0.25, -0.2) is 0 Å². The zero-order valence-electron chi connectivity index (χ0n) is 5.81. The summed E-state index contributed by atoms with van der Waals surface area (Å²) in [6.07, 6.45) is 4.67. The van der Waals surface area contributed by atoms with Crippen molar-refractivity contribution < 1.29 is 5.21 Å². The van der Waals surface area contributed by atoms with Crippen molar-refractivity contribution in [2.24, 2.45) is 5.16 Å². The van der Waals surface area contributed by atoms with Crippen molar-refractivity contribution in [3.05, 3.63) is 18.0 Å². The van der Waals surface area contributed by atoms with E-state index < -0.39 is 0 Å². The maximum absolute atomic E-state index is 8.17. The molecule has 0 spiro atoms. The first-order chi connectivity index (χ1) is 5.36. The van der Waals surface area contributed by atoms with E-state index in [2.05, 4.69) is 10.3 Å². The second kappa shape index (κ2) is 3.98. The average molecular weight is 174 g/mol. The van der Waals surface area contributed by atoms with Crippen LogP contribution < -0.4 is 0 Å². The molecule has 11 heavy (non-hydrogen) atoms. The SMILES string of the molecule is ON=Cc1cnn(CCCl)c1. The minimum atomic E-state index is 0.525. The standard InChI is InChI=1S/C6H8ClN3O/c7-1-2-10-5-6(3-8-10)4-9-11/h3-5,11H,1-2H2. The molecule has 0 aliphatic carbocycles. The number of alkyl halides is 1. The summed E-state index contributed by atoms with van der Waals surface area (Å²) in [5, 5.41) is 15.0. The van der Waals surface area contributed by atoms with Crippen LogP contribution in [0, 0.1) is 0 Å². The predicted octanol–water partition coefficient (Wildman–Crippen LogP) is 0.930. The van der Waals surface area contributed by atoms with Gasteiger partial charge in [-0.2, -0.15) is 5.10 Å². The molecule has 1 aromatic heterocycles. The first-order valence-corrected chi connectivity index (χ1v) is 3.66. The molecular formula is C6H8ClN3O. The normalized spacial score (nSPS) is 11.0. The molecule has 0 bridgehead atoms. The van der Waals surface area contributed by atoms with Crippen molar-refractivity contribution in [1.82, 2.24) is 9.78 Å². The quantitative estimate of drug-likeness (QED) is 0.320. The fraction of sp³-hybridized carbons (Fsp3) is 0.333. The van der Waals surface area contributed by atoms with E-state index in [4.69, 9.17) is 16.8 Å². The second-order valence-corrected chi connectivity index (χ2v) is 2.35.